The van der Waals surface area contributed by atoms with Gasteiger partial charge in [-0.1, -0.05) is 19.9 Å². The lowest BCUT2D eigenvalue weighted by molar-refractivity contribution is -0.138. The topological polar surface area (TPSA) is 59.1 Å². The fourth-order valence-corrected chi connectivity index (χ4v) is 2.57. The molecular weight excluding hydrogens is 228 g/mol. The number of amides is 2. The molecule has 1 aromatic heterocycles. The van der Waals surface area contributed by atoms with Crippen LogP contribution in [0.4, 0.5) is 0 Å². The van der Waals surface area contributed by atoms with Gasteiger partial charge in [-0.05, 0) is 24.5 Å². The summed E-state index contributed by atoms with van der Waals surface area (Å²) in [6, 6.07) is 3.89. The Morgan fingerprint density at radius 2 is 2.06 bits per heavy atom. The van der Waals surface area contributed by atoms with Crippen molar-refractivity contribution in [2.45, 2.75) is 33.1 Å². The monoisotopic (exact) mass is 246 g/mol. The number of nitrogens with one attached hydrogen (secondary N) is 1. The molecule has 0 spiro atoms. The van der Waals surface area contributed by atoms with Gasteiger partial charge in [-0.15, -0.1) is 0 Å². The molecule has 1 aliphatic heterocycles. The number of imide groups is 1. The van der Waals surface area contributed by atoms with Crippen molar-refractivity contribution in [1.29, 1.82) is 0 Å². The van der Waals surface area contributed by atoms with Gasteiger partial charge in [-0.2, -0.15) is 0 Å². The second-order valence-corrected chi connectivity index (χ2v) is 5.23. The molecule has 0 bridgehead atoms. The normalized spacial score (nSPS) is 24.2. The van der Waals surface area contributed by atoms with Crippen LogP contribution in [0.15, 0.2) is 18.3 Å². The minimum atomic E-state index is -0.192. The van der Waals surface area contributed by atoms with E-state index < -0.39 is 0 Å². The number of carbonyl (C=O) groups excluding carboxylic acids is 2. The van der Waals surface area contributed by atoms with E-state index in [1.807, 2.05) is 32.9 Å². The standard InChI is InChI=1S/C14H18N2O2/c1-8(2)13-11(6-12(17)16-14(13)18)10-5-4-9(3)15-7-10/h4-5,7-8,11,13H,6H2,1-3H3,(H,16,17,18). The average molecular weight is 246 g/mol. The van der Waals surface area contributed by atoms with E-state index in [0.717, 1.165) is 11.3 Å². The third-order valence-electron chi connectivity index (χ3n) is 3.48. The number of rotatable bonds is 2. The molecule has 2 heterocycles. The van der Waals surface area contributed by atoms with Gasteiger partial charge in [0.05, 0.1) is 0 Å². The summed E-state index contributed by atoms with van der Waals surface area (Å²) in [6.45, 7) is 5.94. The maximum Gasteiger partial charge on any atom is 0.230 e. The van der Waals surface area contributed by atoms with Gasteiger partial charge in [0.25, 0.3) is 0 Å². The molecule has 2 amide bonds. The SMILES string of the molecule is Cc1ccc(C2CC(=O)NC(=O)C2C(C)C)cn1. The van der Waals surface area contributed by atoms with Gasteiger partial charge >= 0.3 is 0 Å². The molecule has 2 atom stereocenters. The van der Waals surface area contributed by atoms with Crippen molar-refractivity contribution in [3.8, 4) is 0 Å². The second-order valence-electron chi connectivity index (χ2n) is 5.23. The first-order valence-corrected chi connectivity index (χ1v) is 6.25. The predicted molar refractivity (Wildman–Crippen MR) is 67.8 cm³/mol. The maximum absolute atomic E-state index is 11.9. The van der Waals surface area contributed by atoms with Crippen molar-refractivity contribution < 1.29 is 9.59 Å². The van der Waals surface area contributed by atoms with Gasteiger partial charge in [-0.25, -0.2) is 0 Å². The maximum atomic E-state index is 11.9. The lowest BCUT2D eigenvalue weighted by atomic mass is 9.75. The summed E-state index contributed by atoms with van der Waals surface area (Å²) >= 11 is 0. The van der Waals surface area contributed by atoms with Crippen molar-refractivity contribution in [2.24, 2.45) is 11.8 Å². The molecular formula is C14H18N2O2. The van der Waals surface area contributed by atoms with Crippen molar-refractivity contribution in [2.75, 3.05) is 0 Å². The lowest BCUT2D eigenvalue weighted by Crippen LogP contribution is -2.46. The fourth-order valence-electron chi connectivity index (χ4n) is 2.57. The summed E-state index contributed by atoms with van der Waals surface area (Å²) in [6.07, 6.45) is 2.14. The van der Waals surface area contributed by atoms with E-state index in [4.69, 9.17) is 0 Å². The minimum Gasteiger partial charge on any atom is -0.296 e. The van der Waals surface area contributed by atoms with E-state index in [0.29, 0.717) is 6.42 Å². The Balaban J connectivity index is 2.34. The van der Waals surface area contributed by atoms with Crippen LogP contribution in [-0.4, -0.2) is 16.8 Å². The van der Waals surface area contributed by atoms with Gasteiger partial charge in [0.2, 0.25) is 11.8 Å². The molecule has 2 unspecified atom stereocenters. The van der Waals surface area contributed by atoms with Gasteiger partial charge in [0.1, 0.15) is 0 Å². The summed E-state index contributed by atoms with van der Waals surface area (Å²) in [4.78, 5) is 27.7. The van der Waals surface area contributed by atoms with E-state index in [9.17, 15) is 9.59 Å². The average Bonchev–Trinajstić information content (AvgIpc) is 2.28. The predicted octanol–water partition coefficient (Wildman–Crippen LogP) is 1.79. The van der Waals surface area contributed by atoms with E-state index in [1.54, 1.807) is 6.20 Å². The molecule has 2 rings (SSSR count). The van der Waals surface area contributed by atoms with E-state index in [2.05, 4.69) is 10.3 Å². The number of nitrogens with zero attached hydrogens (tertiary/aromatic N) is 1. The van der Waals surface area contributed by atoms with Crippen LogP contribution < -0.4 is 5.32 Å². The molecule has 4 heteroatoms. The van der Waals surface area contributed by atoms with Gasteiger partial charge in [-0.3, -0.25) is 19.9 Å². The highest BCUT2D eigenvalue weighted by atomic mass is 16.2. The number of hydrogen-bond donors (Lipinski definition) is 1. The third-order valence-corrected chi connectivity index (χ3v) is 3.48. The van der Waals surface area contributed by atoms with Crippen LogP contribution in [0, 0.1) is 18.8 Å². The lowest BCUT2D eigenvalue weighted by Gasteiger charge is -2.32. The van der Waals surface area contributed by atoms with E-state index in [-0.39, 0.29) is 29.6 Å². The molecule has 1 N–H and O–H groups in total. The molecule has 0 saturated carbocycles. The summed E-state index contributed by atoms with van der Waals surface area (Å²) in [5.74, 6) is -0.370. The Labute approximate surface area is 107 Å². The molecule has 1 saturated heterocycles. The number of pyridine rings is 1. The number of hydrogen-bond acceptors (Lipinski definition) is 3. The number of aromatic nitrogens is 1. The summed E-state index contributed by atoms with van der Waals surface area (Å²) < 4.78 is 0. The Morgan fingerprint density at radius 3 is 2.61 bits per heavy atom. The summed E-state index contributed by atoms with van der Waals surface area (Å²) in [7, 11) is 0. The van der Waals surface area contributed by atoms with Crippen molar-refractivity contribution in [3.63, 3.8) is 0 Å². The summed E-state index contributed by atoms with van der Waals surface area (Å²) in [5, 5.41) is 2.42. The molecule has 1 fully saturated rings. The van der Waals surface area contributed by atoms with E-state index in [1.165, 1.54) is 0 Å². The number of piperidine rings is 1. The summed E-state index contributed by atoms with van der Waals surface area (Å²) in [5.41, 5.74) is 1.91. The second kappa shape index (κ2) is 4.88. The van der Waals surface area contributed by atoms with Crippen LogP contribution >= 0.6 is 0 Å². The van der Waals surface area contributed by atoms with Gasteiger partial charge < -0.3 is 0 Å². The van der Waals surface area contributed by atoms with Gasteiger partial charge in [0.15, 0.2) is 0 Å². The number of aryl methyl sites for hydroxylation is 1. The Kier molecular flexibility index (Phi) is 3.45. The van der Waals surface area contributed by atoms with Crippen LogP contribution in [0.5, 0.6) is 0 Å². The third kappa shape index (κ3) is 2.42. The number of carbonyl (C=O) groups is 2. The molecule has 0 radical (unpaired) electrons. The fraction of sp³-hybridized carbons (Fsp3) is 0.500. The van der Waals surface area contributed by atoms with Crippen molar-refractivity contribution in [3.05, 3.63) is 29.6 Å². The highest BCUT2D eigenvalue weighted by Crippen LogP contribution is 2.35. The van der Waals surface area contributed by atoms with Crippen LogP contribution in [0.2, 0.25) is 0 Å². The van der Waals surface area contributed by atoms with Crippen LogP contribution in [0.25, 0.3) is 0 Å². The highest BCUT2D eigenvalue weighted by molar-refractivity contribution is 5.99. The molecule has 1 aromatic rings. The smallest absolute Gasteiger partial charge is 0.230 e. The first-order chi connectivity index (χ1) is 8.49. The first kappa shape index (κ1) is 12.7. The minimum absolute atomic E-state index is 0.0562. The molecule has 18 heavy (non-hydrogen) atoms. The molecule has 1 aliphatic rings. The molecule has 96 valence electrons. The van der Waals surface area contributed by atoms with Crippen LogP contribution in [0.3, 0.4) is 0 Å². The first-order valence-electron chi connectivity index (χ1n) is 6.25. The zero-order valence-electron chi connectivity index (χ0n) is 10.9. The van der Waals surface area contributed by atoms with Crippen LogP contribution in [0.1, 0.15) is 37.4 Å². The Morgan fingerprint density at radius 1 is 1.33 bits per heavy atom. The largest absolute Gasteiger partial charge is 0.296 e. The molecule has 4 nitrogen and oxygen atoms in total. The quantitative estimate of drug-likeness (QED) is 0.809. The van der Waals surface area contributed by atoms with Crippen LogP contribution in [-0.2, 0) is 9.59 Å². The van der Waals surface area contributed by atoms with Crippen molar-refractivity contribution in [1.82, 2.24) is 10.3 Å². The Hall–Kier alpha value is -1.71. The Bertz CT molecular complexity index is 465. The van der Waals surface area contributed by atoms with Gasteiger partial charge in [0, 0.05) is 30.1 Å². The highest BCUT2D eigenvalue weighted by Gasteiger charge is 2.38. The molecule has 0 aromatic carbocycles. The van der Waals surface area contributed by atoms with Crippen molar-refractivity contribution >= 4 is 11.8 Å². The zero-order valence-corrected chi connectivity index (χ0v) is 10.9. The molecule has 0 aliphatic carbocycles. The van der Waals surface area contributed by atoms with E-state index >= 15 is 0 Å². The zero-order chi connectivity index (χ0) is 13.3.